The van der Waals surface area contributed by atoms with Gasteiger partial charge in [0.1, 0.15) is 5.82 Å². The fraction of sp³-hybridized carbons (Fsp3) is 0.250. The molecule has 0 radical (unpaired) electrons. The Morgan fingerprint density at radius 3 is 2.46 bits per heavy atom. The number of benzene rings is 2. The Hall–Kier alpha value is -4.37. The molecule has 0 spiro atoms. The molecule has 0 fully saturated rings. The summed E-state index contributed by atoms with van der Waals surface area (Å²) >= 11 is 0. The third kappa shape index (κ3) is 7.08. The average Bonchev–Trinajstić information content (AvgIpc) is 3.33. The highest BCUT2D eigenvalue weighted by Gasteiger charge is 2.10. The number of fused-ring (bicyclic) bond motifs is 1. The quantitative estimate of drug-likeness (QED) is 0.209. The van der Waals surface area contributed by atoms with Gasteiger partial charge in [0.25, 0.3) is 0 Å². The number of carbonyl (C=O) groups is 2. The third-order valence-corrected chi connectivity index (χ3v) is 6.06. The molecule has 0 saturated carbocycles. The Bertz CT molecular complexity index is 1330. The van der Waals surface area contributed by atoms with Crippen molar-refractivity contribution in [3.05, 3.63) is 79.1 Å². The number of anilines is 4. The lowest BCUT2D eigenvalue weighted by Crippen LogP contribution is -2.32. The lowest BCUT2D eigenvalue weighted by atomic mass is 10.2. The Balaban J connectivity index is 1.34. The second-order valence-corrected chi connectivity index (χ2v) is 8.57. The number of carbonyl (C=O) groups excluding carboxylic acids is 2. The first-order valence-electron chi connectivity index (χ1n) is 12.5. The molecule has 4 aromatic rings. The van der Waals surface area contributed by atoms with E-state index in [-0.39, 0.29) is 12.1 Å². The van der Waals surface area contributed by atoms with Crippen LogP contribution in [0, 0.1) is 0 Å². The monoisotopic (exact) mass is 499 g/mol. The van der Waals surface area contributed by atoms with Crippen LogP contribution < -0.4 is 21.3 Å². The molecule has 0 aliphatic carbocycles. The van der Waals surface area contributed by atoms with E-state index in [1.165, 1.54) is 0 Å². The molecule has 0 aliphatic rings. The fourth-order valence-corrected chi connectivity index (χ4v) is 4.05. The molecule has 192 valence electrons. The van der Waals surface area contributed by atoms with Gasteiger partial charge in [-0.05, 0) is 68.5 Å². The molecule has 0 bridgehead atoms. The molecule has 2 aromatic carbocycles. The van der Waals surface area contributed by atoms with E-state index >= 15 is 0 Å². The zero-order valence-corrected chi connectivity index (χ0v) is 21.2. The van der Waals surface area contributed by atoms with Crippen LogP contribution in [0.5, 0.6) is 0 Å². The Labute approximate surface area is 216 Å². The van der Waals surface area contributed by atoms with E-state index in [2.05, 4.69) is 45.0 Å². The lowest BCUT2D eigenvalue weighted by molar-refractivity contribution is 0.250. The largest absolute Gasteiger partial charge is 0.355 e. The van der Waals surface area contributed by atoms with Crippen LogP contribution in [-0.4, -0.2) is 52.7 Å². The van der Waals surface area contributed by atoms with Crippen molar-refractivity contribution in [2.45, 2.75) is 20.3 Å². The SMILES string of the molecule is CCN(CC)CCCNC(=O)Nc1cc(Nc2ccc3c(ccn3C(=O)Nc3ccccc3)c2)ccn1. The summed E-state index contributed by atoms with van der Waals surface area (Å²) in [5, 5.41) is 12.8. The van der Waals surface area contributed by atoms with Gasteiger partial charge in [0.2, 0.25) is 0 Å². The van der Waals surface area contributed by atoms with Crippen LogP contribution in [0.15, 0.2) is 79.1 Å². The lowest BCUT2D eigenvalue weighted by Gasteiger charge is -2.17. The van der Waals surface area contributed by atoms with Gasteiger partial charge in [0.15, 0.2) is 0 Å². The van der Waals surface area contributed by atoms with Gasteiger partial charge in [-0.3, -0.25) is 9.88 Å². The Morgan fingerprint density at radius 2 is 1.68 bits per heavy atom. The molecule has 0 aliphatic heterocycles. The molecule has 0 saturated heterocycles. The van der Waals surface area contributed by atoms with E-state index in [1.54, 1.807) is 23.0 Å². The first-order chi connectivity index (χ1) is 18.1. The highest BCUT2D eigenvalue weighted by Crippen LogP contribution is 2.24. The number of rotatable bonds is 10. The highest BCUT2D eigenvalue weighted by molar-refractivity contribution is 5.99. The van der Waals surface area contributed by atoms with Gasteiger partial charge >= 0.3 is 12.1 Å². The standard InChI is InChI=1S/C28H33N7O2/c1-3-34(4-2)17-8-15-30-27(36)33-26-20-24(13-16-29-26)31-23-11-12-25-21(19-23)14-18-35(25)28(37)32-22-9-6-5-7-10-22/h5-7,9-14,16,18-20H,3-4,8,15,17H2,1-2H3,(H,32,37)(H3,29,30,31,33,36). The number of para-hydroxylation sites is 1. The van der Waals surface area contributed by atoms with Crippen LogP contribution in [0.2, 0.25) is 0 Å². The number of urea groups is 1. The van der Waals surface area contributed by atoms with E-state index in [0.29, 0.717) is 12.4 Å². The van der Waals surface area contributed by atoms with Crippen molar-refractivity contribution in [1.29, 1.82) is 0 Å². The van der Waals surface area contributed by atoms with Crippen LogP contribution >= 0.6 is 0 Å². The molecule has 9 heteroatoms. The van der Waals surface area contributed by atoms with Crippen LogP contribution in [0.1, 0.15) is 20.3 Å². The summed E-state index contributed by atoms with van der Waals surface area (Å²) in [5.74, 6) is 0.455. The highest BCUT2D eigenvalue weighted by atomic mass is 16.2. The number of aromatic nitrogens is 2. The van der Waals surface area contributed by atoms with Crippen molar-refractivity contribution in [3.63, 3.8) is 0 Å². The zero-order chi connectivity index (χ0) is 26.0. The number of nitrogens with one attached hydrogen (secondary N) is 4. The molecule has 4 rings (SSSR count). The summed E-state index contributed by atoms with van der Waals surface area (Å²) < 4.78 is 1.58. The molecule has 37 heavy (non-hydrogen) atoms. The maximum Gasteiger partial charge on any atom is 0.330 e. The number of amides is 3. The minimum atomic E-state index is -0.277. The summed E-state index contributed by atoms with van der Waals surface area (Å²) in [4.78, 5) is 31.5. The predicted molar refractivity (Wildman–Crippen MR) is 150 cm³/mol. The summed E-state index contributed by atoms with van der Waals surface area (Å²) in [6, 6.07) is 20.1. The molecule has 9 nitrogen and oxygen atoms in total. The van der Waals surface area contributed by atoms with Crippen molar-refractivity contribution in [3.8, 4) is 0 Å². The minimum Gasteiger partial charge on any atom is -0.355 e. The Morgan fingerprint density at radius 1 is 0.892 bits per heavy atom. The fourth-order valence-electron chi connectivity index (χ4n) is 4.05. The predicted octanol–water partition coefficient (Wildman–Crippen LogP) is 5.71. The number of hydrogen-bond donors (Lipinski definition) is 4. The van der Waals surface area contributed by atoms with Crippen molar-refractivity contribution in [2.24, 2.45) is 0 Å². The number of nitrogens with zero attached hydrogens (tertiary/aromatic N) is 3. The van der Waals surface area contributed by atoms with Crippen molar-refractivity contribution >= 4 is 45.8 Å². The van der Waals surface area contributed by atoms with E-state index in [1.807, 2.05) is 60.7 Å². The van der Waals surface area contributed by atoms with E-state index in [4.69, 9.17) is 0 Å². The normalized spacial score (nSPS) is 10.9. The van der Waals surface area contributed by atoms with Crippen molar-refractivity contribution in [2.75, 3.05) is 42.1 Å². The number of pyridine rings is 1. The second kappa shape index (κ2) is 12.5. The molecule has 0 unspecified atom stereocenters. The topological polar surface area (TPSA) is 103 Å². The van der Waals surface area contributed by atoms with Crippen LogP contribution in [0.25, 0.3) is 10.9 Å². The molecule has 2 aromatic heterocycles. The summed E-state index contributed by atoms with van der Waals surface area (Å²) in [6.45, 7) is 7.84. The summed E-state index contributed by atoms with van der Waals surface area (Å²) in [7, 11) is 0. The van der Waals surface area contributed by atoms with Gasteiger partial charge in [-0.2, -0.15) is 0 Å². The van der Waals surface area contributed by atoms with E-state index < -0.39 is 0 Å². The third-order valence-electron chi connectivity index (χ3n) is 6.06. The Kier molecular flexibility index (Phi) is 8.72. The van der Waals surface area contributed by atoms with Gasteiger partial charge in [-0.15, -0.1) is 0 Å². The smallest absolute Gasteiger partial charge is 0.330 e. The van der Waals surface area contributed by atoms with Crippen LogP contribution in [0.3, 0.4) is 0 Å². The minimum absolute atomic E-state index is 0.224. The van der Waals surface area contributed by atoms with Gasteiger partial charge < -0.3 is 20.9 Å². The molecule has 3 amide bonds. The zero-order valence-electron chi connectivity index (χ0n) is 21.2. The molecular formula is C28H33N7O2. The first kappa shape index (κ1) is 25.7. The summed E-state index contributed by atoms with van der Waals surface area (Å²) in [6.07, 6.45) is 4.28. The van der Waals surface area contributed by atoms with Gasteiger partial charge in [0.05, 0.1) is 5.52 Å². The van der Waals surface area contributed by atoms with Gasteiger partial charge in [-0.1, -0.05) is 32.0 Å². The maximum absolute atomic E-state index is 12.7. The van der Waals surface area contributed by atoms with Crippen molar-refractivity contribution in [1.82, 2.24) is 19.8 Å². The molecule has 2 heterocycles. The van der Waals surface area contributed by atoms with E-state index in [9.17, 15) is 9.59 Å². The van der Waals surface area contributed by atoms with E-state index in [0.717, 1.165) is 54.0 Å². The van der Waals surface area contributed by atoms with Crippen LogP contribution in [0.4, 0.5) is 32.5 Å². The number of hydrogen-bond acceptors (Lipinski definition) is 5. The maximum atomic E-state index is 12.7. The summed E-state index contributed by atoms with van der Waals surface area (Å²) in [5.41, 5.74) is 3.18. The van der Waals surface area contributed by atoms with Gasteiger partial charge in [0, 0.05) is 47.5 Å². The van der Waals surface area contributed by atoms with Crippen molar-refractivity contribution < 1.29 is 9.59 Å². The second-order valence-electron chi connectivity index (χ2n) is 8.57. The molecule has 4 N–H and O–H groups in total. The first-order valence-corrected chi connectivity index (χ1v) is 12.5. The molecular weight excluding hydrogens is 466 g/mol. The molecule has 0 atom stereocenters. The average molecular weight is 500 g/mol. The van der Waals surface area contributed by atoms with Gasteiger partial charge in [-0.25, -0.2) is 14.6 Å². The van der Waals surface area contributed by atoms with Crippen LogP contribution in [-0.2, 0) is 0 Å².